The number of anilines is 2. The SMILES string of the molecule is O=C(CSc1cn[nH]n1)Nc1ccc(C(c2ccc(NC(=O)CSc3cn[nH]n3)cc2)(C(F)(F)F)C(F)(F)F)cc1. The van der Waals surface area contributed by atoms with E-state index in [-0.39, 0.29) is 22.9 Å². The number of nitrogens with zero attached hydrogens (tertiary/aromatic N) is 4. The van der Waals surface area contributed by atoms with E-state index in [1.165, 1.54) is 12.4 Å². The molecule has 18 heteroatoms. The van der Waals surface area contributed by atoms with Crippen molar-refractivity contribution in [2.24, 2.45) is 0 Å². The molecule has 216 valence electrons. The lowest BCUT2D eigenvalue weighted by Gasteiger charge is -2.38. The zero-order valence-corrected chi connectivity index (χ0v) is 22.0. The van der Waals surface area contributed by atoms with E-state index in [0.29, 0.717) is 34.3 Å². The lowest BCUT2D eigenvalue weighted by Crippen LogP contribution is -2.54. The number of aromatic nitrogens is 6. The second-order valence-electron chi connectivity index (χ2n) is 8.19. The average molecular weight is 617 g/mol. The van der Waals surface area contributed by atoms with E-state index in [1.807, 2.05) is 0 Å². The van der Waals surface area contributed by atoms with E-state index in [1.54, 1.807) is 0 Å². The highest BCUT2D eigenvalue weighted by molar-refractivity contribution is 8.00. The Hall–Kier alpha value is -4.06. The van der Waals surface area contributed by atoms with Gasteiger partial charge in [-0.25, -0.2) is 0 Å². The molecule has 2 aromatic heterocycles. The van der Waals surface area contributed by atoms with Gasteiger partial charge in [0.15, 0.2) is 0 Å². The summed E-state index contributed by atoms with van der Waals surface area (Å²) in [5.74, 6) is -1.35. The monoisotopic (exact) mass is 616 g/mol. The van der Waals surface area contributed by atoms with Gasteiger partial charge in [0.05, 0.1) is 23.9 Å². The molecular weight excluding hydrogens is 598 g/mol. The Labute approximate surface area is 235 Å². The van der Waals surface area contributed by atoms with Gasteiger partial charge in [0.2, 0.25) is 17.2 Å². The van der Waals surface area contributed by atoms with Crippen molar-refractivity contribution >= 4 is 46.7 Å². The number of benzene rings is 2. The van der Waals surface area contributed by atoms with Gasteiger partial charge in [0, 0.05) is 11.4 Å². The van der Waals surface area contributed by atoms with Crippen LogP contribution in [0.3, 0.4) is 0 Å². The molecule has 4 rings (SSSR count). The summed E-state index contributed by atoms with van der Waals surface area (Å²) in [6, 6.07) is 6.50. The van der Waals surface area contributed by atoms with Crippen LogP contribution in [0.5, 0.6) is 0 Å². The maximum Gasteiger partial charge on any atom is 0.411 e. The Morgan fingerprint density at radius 3 is 1.32 bits per heavy atom. The molecule has 2 amide bonds. The summed E-state index contributed by atoms with van der Waals surface area (Å²) in [5, 5.41) is 25.1. The standard InChI is InChI=1S/C23H18F6N8O2S2/c24-22(25,26)21(23(27,28)29,13-1-5-15(6-2-13)32-17(38)11-40-19-9-30-36-34-19)14-3-7-16(8-4-14)33-18(39)12-41-20-10-31-37-35-20/h1-10H,11-12H2,(H,32,38)(H,33,39)(H,30,34,36)(H,31,35,37). The van der Waals surface area contributed by atoms with Crippen LogP contribution in [0.2, 0.25) is 0 Å². The summed E-state index contributed by atoms with van der Waals surface area (Å²) in [5.41, 5.74) is -6.60. The Morgan fingerprint density at radius 2 is 1.02 bits per heavy atom. The minimum Gasteiger partial charge on any atom is -0.325 e. The molecule has 0 atom stereocenters. The van der Waals surface area contributed by atoms with Gasteiger partial charge in [0.25, 0.3) is 0 Å². The predicted molar refractivity (Wildman–Crippen MR) is 137 cm³/mol. The van der Waals surface area contributed by atoms with E-state index >= 15 is 0 Å². The molecule has 0 fully saturated rings. The molecule has 0 saturated heterocycles. The molecule has 0 spiro atoms. The number of thioether (sulfide) groups is 2. The Kier molecular flexibility index (Phi) is 8.91. The van der Waals surface area contributed by atoms with Gasteiger partial charge in [-0.2, -0.15) is 47.0 Å². The highest BCUT2D eigenvalue weighted by Crippen LogP contribution is 2.56. The van der Waals surface area contributed by atoms with Crippen LogP contribution < -0.4 is 10.6 Å². The molecule has 0 aliphatic rings. The zero-order chi connectivity index (χ0) is 29.7. The van der Waals surface area contributed by atoms with Gasteiger partial charge in [-0.15, -0.1) is 10.2 Å². The lowest BCUT2D eigenvalue weighted by molar-refractivity contribution is -0.288. The normalized spacial score (nSPS) is 12.2. The maximum absolute atomic E-state index is 14.4. The number of nitrogens with one attached hydrogen (secondary N) is 4. The first-order valence-corrected chi connectivity index (χ1v) is 13.3. The molecule has 0 radical (unpaired) electrons. The number of alkyl halides is 6. The number of carbonyl (C=O) groups is 2. The van der Waals surface area contributed by atoms with Gasteiger partial charge in [-0.3, -0.25) is 9.59 Å². The number of aromatic amines is 2. The molecule has 0 aliphatic carbocycles. The van der Waals surface area contributed by atoms with E-state index in [0.717, 1.165) is 47.8 Å². The van der Waals surface area contributed by atoms with Crippen LogP contribution in [0.15, 0.2) is 71.0 Å². The number of hydrogen-bond acceptors (Lipinski definition) is 8. The maximum atomic E-state index is 14.4. The summed E-state index contributed by atoms with van der Waals surface area (Å²) in [7, 11) is 0. The fourth-order valence-electron chi connectivity index (χ4n) is 3.78. The van der Waals surface area contributed by atoms with E-state index < -0.39 is 40.7 Å². The second-order valence-corrected chi connectivity index (χ2v) is 10.2. The van der Waals surface area contributed by atoms with Crippen LogP contribution in [0.25, 0.3) is 0 Å². The molecule has 41 heavy (non-hydrogen) atoms. The largest absolute Gasteiger partial charge is 0.411 e. The van der Waals surface area contributed by atoms with E-state index in [9.17, 15) is 35.9 Å². The van der Waals surface area contributed by atoms with Crippen molar-refractivity contribution in [2.75, 3.05) is 22.1 Å². The first-order chi connectivity index (χ1) is 19.4. The number of H-pyrrole nitrogens is 2. The molecule has 10 nitrogen and oxygen atoms in total. The first kappa shape index (κ1) is 29.9. The van der Waals surface area contributed by atoms with Crippen molar-refractivity contribution in [1.82, 2.24) is 30.8 Å². The third-order valence-electron chi connectivity index (χ3n) is 5.54. The fourth-order valence-corrected chi connectivity index (χ4v) is 4.95. The summed E-state index contributed by atoms with van der Waals surface area (Å²) in [4.78, 5) is 24.3. The Morgan fingerprint density at radius 1 is 0.659 bits per heavy atom. The summed E-state index contributed by atoms with van der Waals surface area (Å²) >= 11 is 2.05. The zero-order valence-electron chi connectivity index (χ0n) is 20.4. The molecule has 0 saturated carbocycles. The average Bonchev–Trinajstić information content (AvgIpc) is 3.62. The van der Waals surface area contributed by atoms with E-state index in [2.05, 4.69) is 41.5 Å². The van der Waals surface area contributed by atoms with Crippen LogP contribution in [-0.4, -0.2) is 66.5 Å². The number of rotatable bonds is 10. The topological polar surface area (TPSA) is 141 Å². The molecule has 2 aromatic carbocycles. The summed E-state index contributed by atoms with van der Waals surface area (Å²) in [6.07, 6.45) is -8.85. The van der Waals surface area contributed by atoms with Crippen molar-refractivity contribution in [2.45, 2.75) is 27.8 Å². The van der Waals surface area contributed by atoms with Gasteiger partial charge >= 0.3 is 12.4 Å². The molecule has 2 heterocycles. The fraction of sp³-hybridized carbons (Fsp3) is 0.217. The quantitative estimate of drug-likeness (QED) is 0.147. The van der Waals surface area contributed by atoms with Crippen molar-refractivity contribution in [3.05, 3.63) is 72.1 Å². The second kappa shape index (κ2) is 12.2. The highest BCUT2D eigenvalue weighted by atomic mass is 32.2. The Bertz CT molecular complexity index is 1330. The molecule has 4 N–H and O–H groups in total. The molecule has 0 aliphatic heterocycles. The predicted octanol–water partition coefficient (Wildman–Crippen LogP) is 4.80. The number of carbonyl (C=O) groups excluding carboxylic acids is 2. The molecular formula is C23H18F6N8O2S2. The van der Waals surface area contributed by atoms with Crippen LogP contribution in [0, 0.1) is 0 Å². The van der Waals surface area contributed by atoms with Gasteiger partial charge in [-0.1, -0.05) is 47.8 Å². The van der Waals surface area contributed by atoms with Crippen molar-refractivity contribution < 1.29 is 35.9 Å². The third kappa shape index (κ3) is 6.82. The number of hydrogen-bond donors (Lipinski definition) is 4. The van der Waals surface area contributed by atoms with Gasteiger partial charge in [0.1, 0.15) is 10.1 Å². The van der Waals surface area contributed by atoms with Crippen molar-refractivity contribution in [1.29, 1.82) is 0 Å². The molecule has 0 unspecified atom stereocenters. The van der Waals surface area contributed by atoms with Crippen LogP contribution >= 0.6 is 23.5 Å². The van der Waals surface area contributed by atoms with Crippen LogP contribution in [-0.2, 0) is 15.0 Å². The van der Waals surface area contributed by atoms with Crippen LogP contribution in [0.4, 0.5) is 37.7 Å². The molecule has 0 bridgehead atoms. The lowest BCUT2D eigenvalue weighted by atomic mass is 9.73. The van der Waals surface area contributed by atoms with Crippen LogP contribution in [0.1, 0.15) is 11.1 Å². The van der Waals surface area contributed by atoms with Crippen molar-refractivity contribution in [3.8, 4) is 0 Å². The number of halogens is 6. The first-order valence-electron chi connectivity index (χ1n) is 11.3. The smallest absolute Gasteiger partial charge is 0.325 e. The minimum atomic E-state index is -5.80. The Balaban J connectivity index is 1.54. The summed E-state index contributed by atoms with van der Waals surface area (Å²) in [6.45, 7) is 0. The minimum absolute atomic E-state index is 0.000646. The molecule has 4 aromatic rings. The van der Waals surface area contributed by atoms with Crippen molar-refractivity contribution in [3.63, 3.8) is 0 Å². The highest BCUT2D eigenvalue weighted by Gasteiger charge is 2.72. The van der Waals surface area contributed by atoms with E-state index in [4.69, 9.17) is 0 Å². The summed E-state index contributed by atoms with van der Waals surface area (Å²) < 4.78 is 86.7. The third-order valence-corrected chi connectivity index (χ3v) is 7.34. The van der Waals surface area contributed by atoms with Gasteiger partial charge in [-0.05, 0) is 35.4 Å². The number of amides is 2. The van der Waals surface area contributed by atoms with Gasteiger partial charge < -0.3 is 10.6 Å².